The first-order valence-corrected chi connectivity index (χ1v) is 7.14. The van der Waals surface area contributed by atoms with Crippen molar-refractivity contribution in [3.63, 3.8) is 0 Å². The normalized spacial score (nSPS) is 10.6. The minimum absolute atomic E-state index is 0.851. The molecular formula is C17H23N3. The van der Waals surface area contributed by atoms with Gasteiger partial charge >= 0.3 is 0 Å². The van der Waals surface area contributed by atoms with Crippen molar-refractivity contribution in [3.05, 3.63) is 59.4 Å². The van der Waals surface area contributed by atoms with Crippen molar-refractivity contribution < 1.29 is 0 Å². The van der Waals surface area contributed by atoms with Gasteiger partial charge in [-0.25, -0.2) is 0 Å². The van der Waals surface area contributed by atoms with E-state index < -0.39 is 0 Å². The Morgan fingerprint density at radius 1 is 1.10 bits per heavy atom. The summed E-state index contributed by atoms with van der Waals surface area (Å²) in [4.78, 5) is 6.92. The van der Waals surface area contributed by atoms with Crippen LogP contribution in [0.2, 0.25) is 0 Å². The van der Waals surface area contributed by atoms with Gasteiger partial charge in [0.15, 0.2) is 0 Å². The molecule has 1 heterocycles. The maximum atomic E-state index is 4.58. The monoisotopic (exact) mass is 269 g/mol. The highest BCUT2D eigenvalue weighted by Gasteiger charge is 2.06. The average molecular weight is 269 g/mol. The summed E-state index contributed by atoms with van der Waals surface area (Å²) in [7, 11) is 1.97. The fourth-order valence-corrected chi connectivity index (χ4v) is 2.30. The van der Waals surface area contributed by atoms with Crippen molar-refractivity contribution in [3.8, 4) is 0 Å². The van der Waals surface area contributed by atoms with Crippen LogP contribution in [0, 0.1) is 6.92 Å². The van der Waals surface area contributed by atoms with Gasteiger partial charge in [0.2, 0.25) is 0 Å². The number of hydrogen-bond donors (Lipinski definition) is 1. The Kier molecular flexibility index (Phi) is 5.13. The van der Waals surface area contributed by atoms with Gasteiger partial charge in [-0.1, -0.05) is 18.2 Å². The van der Waals surface area contributed by atoms with Crippen LogP contribution >= 0.6 is 0 Å². The van der Waals surface area contributed by atoms with Gasteiger partial charge in [0.1, 0.15) is 0 Å². The first kappa shape index (κ1) is 14.5. The highest BCUT2D eigenvalue weighted by molar-refractivity contribution is 5.47. The van der Waals surface area contributed by atoms with E-state index >= 15 is 0 Å². The lowest BCUT2D eigenvalue weighted by Crippen LogP contribution is -2.22. The van der Waals surface area contributed by atoms with E-state index in [0.717, 1.165) is 31.0 Å². The topological polar surface area (TPSA) is 28.2 Å². The Hall–Kier alpha value is -1.87. The molecule has 0 fully saturated rings. The van der Waals surface area contributed by atoms with Gasteiger partial charge in [-0.3, -0.25) is 4.98 Å². The number of rotatable bonds is 6. The van der Waals surface area contributed by atoms with Crippen molar-refractivity contribution in [1.29, 1.82) is 0 Å². The average Bonchev–Trinajstić information content (AvgIpc) is 2.46. The highest BCUT2D eigenvalue weighted by Crippen LogP contribution is 2.17. The third-order valence-electron chi connectivity index (χ3n) is 3.36. The molecule has 0 aliphatic heterocycles. The van der Waals surface area contributed by atoms with Crippen LogP contribution in [0.1, 0.15) is 23.9 Å². The summed E-state index contributed by atoms with van der Waals surface area (Å²) in [6.45, 7) is 6.94. The molecule has 1 aromatic carbocycles. The smallest absolute Gasteiger partial charge is 0.0602 e. The van der Waals surface area contributed by atoms with E-state index in [1.807, 2.05) is 20.0 Å². The summed E-state index contributed by atoms with van der Waals surface area (Å²) in [6, 6.07) is 14.9. The van der Waals surface area contributed by atoms with Gasteiger partial charge in [-0.2, -0.15) is 0 Å². The molecule has 1 aromatic heterocycles. The predicted molar refractivity (Wildman–Crippen MR) is 84.9 cm³/mol. The summed E-state index contributed by atoms with van der Waals surface area (Å²) >= 11 is 0. The fourth-order valence-electron chi connectivity index (χ4n) is 2.30. The SMILES string of the molecule is CCN(Cc1cccc(C)n1)c1ccc(CNC)cc1. The van der Waals surface area contributed by atoms with Gasteiger partial charge in [-0.15, -0.1) is 0 Å². The second-order valence-corrected chi connectivity index (χ2v) is 4.98. The number of aryl methyl sites for hydroxylation is 1. The largest absolute Gasteiger partial charge is 0.366 e. The van der Waals surface area contributed by atoms with Crippen LogP contribution in [0.5, 0.6) is 0 Å². The number of nitrogens with one attached hydrogen (secondary N) is 1. The van der Waals surface area contributed by atoms with Gasteiger partial charge in [-0.05, 0) is 50.7 Å². The number of benzene rings is 1. The molecule has 0 aliphatic carbocycles. The third kappa shape index (κ3) is 3.81. The zero-order valence-corrected chi connectivity index (χ0v) is 12.6. The minimum atomic E-state index is 0.851. The van der Waals surface area contributed by atoms with Crippen LogP contribution in [0.4, 0.5) is 5.69 Å². The molecule has 3 nitrogen and oxygen atoms in total. The van der Waals surface area contributed by atoms with E-state index in [-0.39, 0.29) is 0 Å². The molecule has 0 bridgehead atoms. The standard InChI is InChI=1S/C17H23N3/c1-4-20(13-16-7-5-6-14(2)19-16)17-10-8-15(9-11-17)12-18-3/h5-11,18H,4,12-13H2,1-3H3. The van der Waals surface area contributed by atoms with E-state index in [2.05, 4.69) is 58.5 Å². The van der Waals surface area contributed by atoms with Crippen LogP contribution in [-0.4, -0.2) is 18.6 Å². The molecule has 20 heavy (non-hydrogen) atoms. The maximum absolute atomic E-state index is 4.58. The van der Waals surface area contributed by atoms with Crippen LogP contribution in [0.15, 0.2) is 42.5 Å². The lowest BCUT2D eigenvalue weighted by atomic mass is 10.2. The predicted octanol–water partition coefficient (Wildman–Crippen LogP) is 3.14. The molecule has 0 saturated heterocycles. The molecule has 0 saturated carbocycles. The van der Waals surface area contributed by atoms with Crippen molar-refractivity contribution in [2.75, 3.05) is 18.5 Å². The molecular weight excluding hydrogens is 246 g/mol. The van der Waals surface area contributed by atoms with E-state index in [0.29, 0.717) is 0 Å². The Balaban J connectivity index is 2.11. The Labute approximate surface area is 121 Å². The lowest BCUT2D eigenvalue weighted by molar-refractivity contribution is 0.800. The summed E-state index contributed by atoms with van der Waals surface area (Å²) < 4.78 is 0. The Bertz CT molecular complexity index is 534. The van der Waals surface area contributed by atoms with Gasteiger partial charge < -0.3 is 10.2 Å². The zero-order chi connectivity index (χ0) is 14.4. The van der Waals surface area contributed by atoms with E-state index in [9.17, 15) is 0 Å². The van der Waals surface area contributed by atoms with Crippen LogP contribution < -0.4 is 10.2 Å². The van der Waals surface area contributed by atoms with Gasteiger partial charge in [0.05, 0.1) is 12.2 Å². The summed E-state index contributed by atoms with van der Waals surface area (Å²) in [5.41, 5.74) is 4.74. The van der Waals surface area contributed by atoms with E-state index in [1.54, 1.807) is 0 Å². The van der Waals surface area contributed by atoms with Crippen LogP contribution in [0.3, 0.4) is 0 Å². The molecule has 2 rings (SSSR count). The summed E-state index contributed by atoms with van der Waals surface area (Å²) in [5.74, 6) is 0. The first-order valence-electron chi connectivity index (χ1n) is 7.14. The van der Waals surface area contributed by atoms with Crippen molar-refractivity contribution >= 4 is 5.69 Å². The molecule has 0 aliphatic rings. The van der Waals surface area contributed by atoms with Crippen molar-refractivity contribution in [2.24, 2.45) is 0 Å². The van der Waals surface area contributed by atoms with Crippen LogP contribution in [-0.2, 0) is 13.1 Å². The quantitative estimate of drug-likeness (QED) is 0.873. The fraction of sp³-hybridized carbons (Fsp3) is 0.353. The zero-order valence-electron chi connectivity index (χ0n) is 12.6. The first-order chi connectivity index (χ1) is 9.72. The number of anilines is 1. The highest BCUT2D eigenvalue weighted by atomic mass is 15.1. The third-order valence-corrected chi connectivity index (χ3v) is 3.36. The summed E-state index contributed by atoms with van der Waals surface area (Å²) in [5, 5.41) is 3.17. The molecule has 0 amide bonds. The molecule has 2 aromatic rings. The number of aromatic nitrogens is 1. The number of nitrogens with zero attached hydrogens (tertiary/aromatic N) is 2. The van der Waals surface area contributed by atoms with Gasteiger partial charge in [0.25, 0.3) is 0 Å². The maximum Gasteiger partial charge on any atom is 0.0602 e. The second kappa shape index (κ2) is 7.06. The molecule has 106 valence electrons. The van der Waals surface area contributed by atoms with E-state index in [4.69, 9.17) is 0 Å². The lowest BCUT2D eigenvalue weighted by Gasteiger charge is -2.23. The molecule has 0 unspecified atom stereocenters. The second-order valence-electron chi connectivity index (χ2n) is 4.98. The molecule has 0 spiro atoms. The Morgan fingerprint density at radius 3 is 2.45 bits per heavy atom. The number of pyridine rings is 1. The van der Waals surface area contributed by atoms with Crippen molar-refractivity contribution in [1.82, 2.24) is 10.3 Å². The van der Waals surface area contributed by atoms with E-state index in [1.165, 1.54) is 11.3 Å². The van der Waals surface area contributed by atoms with Crippen molar-refractivity contribution in [2.45, 2.75) is 26.9 Å². The minimum Gasteiger partial charge on any atom is -0.366 e. The number of hydrogen-bond acceptors (Lipinski definition) is 3. The molecule has 0 radical (unpaired) electrons. The molecule has 3 heteroatoms. The molecule has 0 atom stereocenters. The van der Waals surface area contributed by atoms with Crippen LogP contribution in [0.25, 0.3) is 0 Å². The summed E-state index contributed by atoms with van der Waals surface area (Å²) in [6.07, 6.45) is 0. The Morgan fingerprint density at radius 2 is 1.85 bits per heavy atom. The molecule has 1 N–H and O–H groups in total. The van der Waals surface area contributed by atoms with Gasteiger partial charge in [0, 0.05) is 24.5 Å².